The molecule has 1 amide bonds. The topological polar surface area (TPSA) is 60.2 Å². The van der Waals surface area contributed by atoms with Crippen molar-refractivity contribution in [3.63, 3.8) is 0 Å². The maximum atomic E-state index is 11.1. The molecule has 0 bridgehead atoms. The Bertz CT molecular complexity index is 552. The first kappa shape index (κ1) is 13.5. The van der Waals surface area contributed by atoms with E-state index in [2.05, 4.69) is 0 Å². The maximum absolute atomic E-state index is 11.1. The first-order chi connectivity index (χ1) is 7.24. The van der Waals surface area contributed by atoms with E-state index in [1.54, 1.807) is 18.2 Å². The van der Waals surface area contributed by atoms with Crippen LogP contribution >= 0.6 is 0 Å². The van der Waals surface area contributed by atoms with E-state index >= 15 is 0 Å². The minimum atomic E-state index is -0.581. The summed E-state index contributed by atoms with van der Waals surface area (Å²) in [4.78, 5) is 22.0. The number of rotatable bonds is 2. The Balaban J connectivity index is 0.00000128. The molecular weight excluding hydrogens is 229 g/mol. The van der Waals surface area contributed by atoms with Crippen molar-refractivity contribution in [1.82, 2.24) is 0 Å². The molecule has 2 rings (SSSR count). The van der Waals surface area contributed by atoms with E-state index in [0.29, 0.717) is 11.8 Å². The van der Waals surface area contributed by atoms with E-state index in [9.17, 15) is 9.59 Å². The van der Waals surface area contributed by atoms with Gasteiger partial charge in [-0.25, -0.2) is 0 Å². The summed E-state index contributed by atoms with van der Waals surface area (Å²) in [5.74, 6) is -0.581. The quantitative estimate of drug-likeness (QED) is 0.630. The predicted octanol–water partition coefficient (Wildman–Crippen LogP) is 1.10. The number of carbonyl (C=O) groups is 2. The first-order valence-corrected chi connectivity index (χ1v) is 4.51. The molecular formula is C12H10KNO2. The van der Waals surface area contributed by atoms with Crippen molar-refractivity contribution in [2.45, 2.75) is 0 Å². The summed E-state index contributed by atoms with van der Waals surface area (Å²) in [7, 11) is 0. The van der Waals surface area contributed by atoms with Crippen LogP contribution in [0.15, 0.2) is 36.4 Å². The Kier molecular flexibility index (Phi) is 4.82. The number of carbonyl (C=O) groups excluding carboxylic acids is 2. The van der Waals surface area contributed by atoms with Gasteiger partial charge in [0.15, 0.2) is 6.29 Å². The van der Waals surface area contributed by atoms with E-state index in [1.807, 2.05) is 18.2 Å². The van der Waals surface area contributed by atoms with Crippen LogP contribution in [0.2, 0.25) is 0 Å². The second-order valence-electron chi connectivity index (χ2n) is 3.23. The molecule has 2 N–H and O–H groups in total. The van der Waals surface area contributed by atoms with Crippen molar-refractivity contribution in [2.24, 2.45) is 5.73 Å². The molecule has 0 radical (unpaired) electrons. The second-order valence-corrected chi connectivity index (χ2v) is 3.23. The van der Waals surface area contributed by atoms with Gasteiger partial charge in [0.1, 0.15) is 0 Å². The first-order valence-electron chi connectivity index (χ1n) is 4.51. The zero-order valence-corrected chi connectivity index (χ0v) is 7.94. The monoisotopic (exact) mass is 239 g/mol. The van der Waals surface area contributed by atoms with Crippen molar-refractivity contribution in [1.29, 1.82) is 0 Å². The Labute approximate surface area is 135 Å². The van der Waals surface area contributed by atoms with E-state index < -0.39 is 5.91 Å². The van der Waals surface area contributed by atoms with Gasteiger partial charge in [0.2, 0.25) is 5.91 Å². The van der Waals surface area contributed by atoms with Crippen LogP contribution in [0.4, 0.5) is 0 Å². The Morgan fingerprint density at radius 2 is 1.81 bits per heavy atom. The Morgan fingerprint density at radius 1 is 1.12 bits per heavy atom. The van der Waals surface area contributed by atoms with Crippen molar-refractivity contribution < 1.29 is 9.59 Å². The molecule has 0 aliphatic carbocycles. The number of amides is 1. The van der Waals surface area contributed by atoms with E-state index in [1.165, 1.54) is 0 Å². The average molecular weight is 239 g/mol. The second kappa shape index (κ2) is 5.70. The Hall–Kier alpha value is -0.524. The molecule has 0 atom stereocenters. The van der Waals surface area contributed by atoms with Crippen LogP contribution in [0.25, 0.3) is 10.8 Å². The van der Waals surface area contributed by atoms with Gasteiger partial charge >= 0.3 is 51.4 Å². The average Bonchev–Trinajstić information content (AvgIpc) is 2.27. The third-order valence-corrected chi connectivity index (χ3v) is 2.35. The summed E-state index contributed by atoms with van der Waals surface area (Å²) >= 11 is 0. The third-order valence-electron chi connectivity index (χ3n) is 2.35. The fraction of sp³-hybridized carbons (Fsp3) is 0. The van der Waals surface area contributed by atoms with Crippen molar-refractivity contribution >= 4 is 74.4 Å². The number of primary amides is 1. The van der Waals surface area contributed by atoms with Gasteiger partial charge in [-0.2, -0.15) is 0 Å². The number of aldehydes is 1. The molecule has 0 aliphatic rings. The van der Waals surface area contributed by atoms with Gasteiger partial charge < -0.3 is 5.73 Å². The molecule has 3 nitrogen and oxygen atoms in total. The van der Waals surface area contributed by atoms with Gasteiger partial charge in [-0.1, -0.05) is 30.3 Å². The zero-order chi connectivity index (χ0) is 10.8. The summed E-state index contributed by atoms with van der Waals surface area (Å²) in [5.41, 5.74) is 5.81. The van der Waals surface area contributed by atoms with Gasteiger partial charge in [-0.3, -0.25) is 9.59 Å². The summed E-state index contributed by atoms with van der Waals surface area (Å²) < 4.78 is 0. The molecule has 4 heteroatoms. The third kappa shape index (κ3) is 2.41. The SMILES string of the molecule is NC(=O)c1ccc2ccccc2c1C=O.[KH]. The minimum absolute atomic E-state index is 0. The van der Waals surface area contributed by atoms with E-state index in [0.717, 1.165) is 10.8 Å². The fourth-order valence-corrected chi connectivity index (χ4v) is 1.64. The molecule has 2 aromatic carbocycles. The van der Waals surface area contributed by atoms with Gasteiger partial charge in [0.25, 0.3) is 0 Å². The number of hydrogen-bond donors (Lipinski definition) is 1. The molecule has 0 saturated heterocycles. The molecule has 2 aromatic rings. The molecule has 0 aliphatic heterocycles. The Morgan fingerprint density at radius 3 is 2.44 bits per heavy atom. The normalized spacial score (nSPS) is 9.50. The van der Waals surface area contributed by atoms with Crippen LogP contribution in [0, 0.1) is 0 Å². The van der Waals surface area contributed by atoms with Crippen LogP contribution in [0.1, 0.15) is 20.7 Å². The molecule has 0 heterocycles. The van der Waals surface area contributed by atoms with Crippen molar-refractivity contribution in [3.05, 3.63) is 47.5 Å². The zero-order valence-electron chi connectivity index (χ0n) is 7.94. The van der Waals surface area contributed by atoms with Gasteiger partial charge in [0, 0.05) is 5.56 Å². The number of fused-ring (bicyclic) bond motifs is 1. The number of benzene rings is 2. The summed E-state index contributed by atoms with van der Waals surface area (Å²) in [6, 6.07) is 10.7. The van der Waals surface area contributed by atoms with Gasteiger partial charge in [0.05, 0.1) is 5.56 Å². The number of hydrogen-bond acceptors (Lipinski definition) is 2. The van der Waals surface area contributed by atoms with Gasteiger partial charge in [-0.05, 0) is 16.8 Å². The molecule has 0 unspecified atom stereocenters. The van der Waals surface area contributed by atoms with Crippen LogP contribution in [0.5, 0.6) is 0 Å². The molecule has 0 saturated carbocycles. The molecule has 0 fully saturated rings. The van der Waals surface area contributed by atoms with Crippen LogP contribution in [-0.2, 0) is 0 Å². The number of nitrogens with two attached hydrogens (primary N) is 1. The van der Waals surface area contributed by atoms with Crippen molar-refractivity contribution in [2.75, 3.05) is 0 Å². The van der Waals surface area contributed by atoms with E-state index in [-0.39, 0.29) is 56.9 Å². The van der Waals surface area contributed by atoms with Crippen LogP contribution in [0.3, 0.4) is 0 Å². The standard InChI is InChI=1S/C12H9NO2.K.H/c13-12(15)10-6-5-8-3-1-2-4-9(8)11(10)7-14;;/h1-7H,(H2,13,15);;. The summed E-state index contributed by atoms with van der Waals surface area (Å²) in [5, 5.41) is 1.67. The molecule has 16 heavy (non-hydrogen) atoms. The van der Waals surface area contributed by atoms with Crippen LogP contribution < -0.4 is 5.73 Å². The summed E-state index contributed by atoms with van der Waals surface area (Å²) in [6.45, 7) is 0. The molecule has 76 valence electrons. The molecule has 0 aromatic heterocycles. The van der Waals surface area contributed by atoms with E-state index in [4.69, 9.17) is 5.73 Å². The fourth-order valence-electron chi connectivity index (χ4n) is 1.64. The molecule has 0 spiro atoms. The van der Waals surface area contributed by atoms with Crippen molar-refractivity contribution in [3.8, 4) is 0 Å². The van der Waals surface area contributed by atoms with Gasteiger partial charge in [-0.15, -0.1) is 0 Å². The van der Waals surface area contributed by atoms with Crippen LogP contribution in [-0.4, -0.2) is 63.6 Å². The predicted molar refractivity (Wildman–Crippen MR) is 65.0 cm³/mol. The summed E-state index contributed by atoms with van der Waals surface area (Å²) in [6.07, 6.45) is 0.669.